The summed E-state index contributed by atoms with van der Waals surface area (Å²) in [7, 11) is 1.30. The highest BCUT2D eigenvalue weighted by molar-refractivity contribution is 5.92. The number of rotatable bonds is 4. The van der Waals surface area contributed by atoms with Gasteiger partial charge >= 0.3 is 6.09 Å². The highest BCUT2D eigenvalue weighted by Crippen LogP contribution is 2.22. The van der Waals surface area contributed by atoms with Crippen LogP contribution in [0, 0.1) is 5.41 Å². The molecule has 0 radical (unpaired) electrons. The summed E-state index contributed by atoms with van der Waals surface area (Å²) < 4.78 is 9.47. The quantitative estimate of drug-likeness (QED) is 0.141. The first-order valence-corrected chi connectivity index (χ1v) is 6.61. The van der Waals surface area contributed by atoms with Crippen molar-refractivity contribution in [2.75, 3.05) is 20.2 Å². The van der Waals surface area contributed by atoms with E-state index < -0.39 is 55.7 Å². The van der Waals surface area contributed by atoms with Crippen LogP contribution in [0.4, 0.5) is 4.79 Å². The molecule has 1 aliphatic heterocycles. The second-order valence-corrected chi connectivity index (χ2v) is 4.93. The Labute approximate surface area is 131 Å². The van der Waals surface area contributed by atoms with Crippen LogP contribution in [-0.4, -0.2) is 105 Å². The lowest BCUT2D eigenvalue weighted by Crippen LogP contribution is -2.60. The molecule has 0 aromatic rings. The number of ether oxygens (including phenoxy) is 2. The standard InChI is InChI=1S/C11H21N3O9/c1-14(2-5(16)17)10(12)13-11(21)23-8-6(18)4(3-15)22-9(20)7(8)19/h4-9,15-20H,2-3H2,1H3,(H2,12,13,21)/t4-,6-,7-,8+,9-/m1/s1. The first kappa shape index (κ1) is 19.5. The Hall–Kier alpha value is -1.54. The fraction of sp³-hybridized carbons (Fsp3) is 0.818. The SMILES string of the molecule is CN(CC(O)O)C(=N)NC(=O)O[C@@H]1[C@@H](O)[C@H](O)O[C@H](CO)[C@H]1O. The van der Waals surface area contributed by atoms with Gasteiger partial charge in [0.25, 0.3) is 0 Å². The third-order valence-corrected chi connectivity index (χ3v) is 3.12. The first-order valence-electron chi connectivity index (χ1n) is 6.61. The number of alkyl carbamates (subject to hydrolysis) is 1. The van der Waals surface area contributed by atoms with Crippen LogP contribution < -0.4 is 5.32 Å². The zero-order valence-electron chi connectivity index (χ0n) is 12.2. The molecule has 1 aliphatic rings. The molecule has 1 saturated heterocycles. The molecular formula is C11H21N3O9. The molecule has 1 rings (SSSR count). The summed E-state index contributed by atoms with van der Waals surface area (Å²) in [5.74, 6) is -0.529. The van der Waals surface area contributed by atoms with Gasteiger partial charge < -0.3 is 45.0 Å². The third-order valence-electron chi connectivity index (χ3n) is 3.12. The predicted octanol–water partition coefficient (Wildman–Crippen LogP) is -4.31. The van der Waals surface area contributed by atoms with Gasteiger partial charge in [0.1, 0.15) is 18.3 Å². The molecule has 0 aromatic heterocycles. The van der Waals surface area contributed by atoms with Crippen molar-refractivity contribution in [1.29, 1.82) is 5.41 Å². The Morgan fingerprint density at radius 2 is 1.96 bits per heavy atom. The molecule has 12 heteroatoms. The number of carbonyl (C=O) groups excluding carboxylic acids is 1. The molecule has 12 nitrogen and oxygen atoms in total. The van der Waals surface area contributed by atoms with Crippen molar-refractivity contribution in [2.45, 2.75) is 37.0 Å². The molecule has 5 atom stereocenters. The zero-order chi connectivity index (χ0) is 17.7. The molecule has 1 fully saturated rings. The average Bonchev–Trinajstić information content (AvgIpc) is 2.46. The van der Waals surface area contributed by atoms with E-state index in [1.165, 1.54) is 7.05 Å². The topological polar surface area (TPSA) is 196 Å². The lowest BCUT2D eigenvalue weighted by atomic mass is 9.99. The van der Waals surface area contributed by atoms with Gasteiger partial charge in [0.2, 0.25) is 0 Å². The number of aliphatic hydroxyl groups is 6. The number of likely N-dealkylation sites (N-methyl/N-ethyl adjacent to an activating group) is 1. The minimum Gasteiger partial charge on any atom is -0.440 e. The van der Waals surface area contributed by atoms with E-state index in [-0.39, 0.29) is 6.54 Å². The van der Waals surface area contributed by atoms with E-state index in [0.29, 0.717) is 0 Å². The Balaban J connectivity index is 2.62. The molecule has 0 saturated carbocycles. The summed E-state index contributed by atoms with van der Waals surface area (Å²) >= 11 is 0. The largest absolute Gasteiger partial charge is 0.440 e. The number of carbonyl (C=O) groups is 1. The molecule has 134 valence electrons. The lowest BCUT2D eigenvalue weighted by Gasteiger charge is -2.39. The van der Waals surface area contributed by atoms with Crippen LogP contribution in [-0.2, 0) is 9.47 Å². The van der Waals surface area contributed by atoms with Gasteiger partial charge in [-0.25, -0.2) is 4.79 Å². The molecular weight excluding hydrogens is 318 g/mol. The van der Waals surface area contributed by atoms with Gasteiger partial charge in [-0.1, -0.05) is 0 Å². The Morgan fingerprint density at radius 3 is 2.48 bits per heavy atom. The van der Waals surface area contributed by atoms with Gasteiger partial charge in [-0.2, -0.15) is 0 Å². The van der Waals surface area contributed by atoms with Gasteiger partial charge in [-0.15, -0.1) is 0 Å². The maximum absolute atomic E-state index is 11.7. The molecule has 0 aromatic carbocycles. The summed E-state index contributed by atoms with van der Waals surface area (Å²) in [5, 5.41) is 64.9. The summed E-state index contributed by atoms with van der Waals surface area (Å²) in [6, 6.07) is 0. The predicted molar refractivity (Wildman–Crippen MR) is 72.0 cm³/mol. The van der Waals surface area contributed by atoms with E-state index in [1.807, 2.05) is 5.32 Å². The molecule has 0 spiro atoms. The minimum absolute atomic E-state index is 0.354. The molecule has 1 heterocycles. The fourth-order valence-electron chi connectivity index (χ4n) is 1.89. The van der Waals surface area contributed by atoms with Crippen LogP contribution in [0.2, 0.25) is 0 Å². The van der Waals surface area contributed by atoms with Crippen LogP contribution >= 0.6 is 0 Å². The monoisotopic (exact) mass is 339 g/mol. The summed E-state index contributed by atoms with van der Waals surface area (Å²) in [6.07, 6.45) is -11.0. The van der Waals surface area contributed by atoms with Gasteiger partial charge in [0, 0.05) is 7.05 Å². The lowest BCUT2D eigenvalue weighted by molar-refractivity contribution is -0.285. The number of nitrogens with one attached hydrogen (secondary N) is 2. The zero-order valence-corrected chi connectivity index (χ0v) is 12.2. The van der Waals surface area contributed by atoms with E-state index in [4.69, 9.17) is 30.2 Å². The Bertz CT molecular complexity index is 422. The number of guanidine groups is 1. The number of aliphatic hydroxyl groups excluding tert-OH is 5. The molecule has 0 aliphatic carbocycles. The second kappa shape index (κ2) is 8.35. The van der Waals surface area contributed by atoms with E-state index in [9.17, 15) is 20.1 Å². The second-order valence-electron chi connectivity index (χ2n) is 4.93. The third kappa shape index (κ3) is 5.24. The van der Waals surface area contributed by atoms with Crippen molar-refractivity contribution in [2.24, 2.45) is 0 Å². The molecule has 23 heavy (non-hydrogen) atoms. The highest BCUT2D eigenvalue weighted by Gasteiger charge is 2.46. The van der Waals surface area contributed by atoms with Crippen LogP contribution in [0.3, 0.4) is 0 Å². The smallest absolute Gasteiger partial charge is 0.414 e. The number of hydrogen-bond donors (Lipinski definition) is 8. The Morgan fingerprint density at radius 1 is 1.35 bits per heavy atom. The van der Waals surface area contributed by atoms with Crippen molar-refractivity contribution < 1.29 is 44.9 Å². The van der Waals surface area contributed by atoms with Gasteiger partial charge in [-0.05, 0) is 0 Å². The summed E-state index contributed by atoms with van der Waals surface area (Å²) in [6.45, 7) is -1.04. The van der Waals surface area contributed by atoms with Crippen molar-refractivity contribution in [3.8, 4) is 0 Å². The maximum Gasteiger partial charge on any atom is 0.414 e. The van der Waals surface area contributed by atoms with E-state index >= 15 is 0 Å². The fourth-order valence-corrected chi connectivity index (χ4v) is 1.89. The summed E-state index contributed by atoms with van der Waals surface area (Å²) in [4.78, 5) is 12.7. The van der Waals surface area contributed by atoms with Crippen molar-refractivity contribution in [3.63, 3.8) is 0 Å². The van der Waals surface area contributed by atoms with E-state index in [1.54, 1.807) is 0 Å². The molecule has 0 unspecified atom stereocenters. The summed E-state index contributed by atoms with van der Waals surface area (Å²) in [5.41, 5.74) is 0. The minimum atomic E-state index is -1.78. The maximum atomic E-state index is 11.7. The molecule has 1 amide bonds. The highest BCUT2D eigenvalue weighted by atomic mass is 16.7. The van der Waals surface area contributed by atoms with Gasteiger partial charge in [-0.3, -0.25) is 10.7 Å². The number of hydrogen-bond acceptors (Lipinski definition) is 10. The number of nitrogens with zero attached hydrogens (tertiary/aromatic N) is 1. The number of amides is 1. The van der Waals surface area contributed by atoms with Crippen LogP contribution in [0.1, 0.15) is 0 Å². The van der Waals surface area contributed by atoms with Crippen molar-refractivity contribution in [1.82, 2.24) is 10.2 Å². The van der Waals surface area contributed by atoms with Gasteiger partial charge in [0.15, 0.2) is 24.6 Å². The van der Waals surface area contributed by atoms with Crippen LogP contribution in [0.5, 0.6) is 0 Å². The Kier molecular flexibility index (Phi) is 7.08. The average molecular weight is 339 g/mol. The van der Waals surface area contributed by atoms with E-state index in [2.05, 4.69) is 0 Å². The van der Waals surface area contributed by atoms with Crippen molar-refractivity contribution >= 4 is 12.1 Å². The van der Waals surface area contributed by atoms with E-state index in [0.717, 1.165) is 4.90 Å². The first-order chi connectivity index (χ1) is 10.7. The van der Waals surface area contributed by atoms with Gasteiger partial charge in [0.05, 0.1) is 13.2 Å². The van der Waals surface area contributed by atoms with Crippen LogP contribution in [0.15, 0.2) is 0 Å². The molecule has 8 N–H and O–H groups in total. The normalized spacial score (nSPS) is 30.9. The molecule has 0 bridgehead atoms. The van der Waals surface area contributed by atoms with Crippen molar-refractivity contribution in [3.05, 3.63) is 0 Å². The van der Waals surface area contributed by atoms with Crippen LogP contribution in [0.25, 0.3) is 0 Å².